The van der Waals surface area contributed by atoms with Gasteiger partial charge in [-0.1, -0.05) is 34.8 Å². The number of carbonyl (C=O) groups excluding carboxylic acids is 1. The van der Waals surface area contributed by atoms with Crippen LogP contribution in [0.25, 0.3) is 0 Å². The van der Waals surface area contributed by atoms with Crippen LogP contribution in [-0.2, 0) is 6.61 Å². The Morgan fingerprint density at radius 2 is 1.86 bits per heavy atom. The van der Waals surface area contributed by atoms with Crippen molar-refractivity contribution in [3.63, 3.8) is 0 Å². The summed E-state index contributed by atoms with van der Waals surface area (Å²) in [5, 5.41) is 1.20. The van der Waals surface area contributed by atoms with Crippen LogP contribution in [0.4, 0.5) is 0 Å². The summed E-state index contributed by atoms with van der Waals surface area (Å²) in [6, 6.07) is 8.19. The highest BCUT2D eigenvalue weighted by Crippen LogP contribution is 2.33. The van der Waals surface area contributed by atoms with E-state index >= 15 is 0 Å². The molecule has 2 aromatic rings. The molecule has 0 atom stereocenters. The predicted octanol–water partition coefficient (Wildman–Crippen LogP) is 5.05. The van der Waals surface area contributed by atoms with Gasteiger partial charge < -0.3 is 9.47 Å². The van der Waals surface area contributed by atoms with E-state index in [4.69, 9.17) is 44.3 Å². The van der Waals surface area contributed by atoms with Gasteiger partial charge in [-0.15, -0.1) is 0 Å². The summed E-state index contributed by atoms with van der Waals surface area (Å²) in [5.41, 5.74) is 1.03. The first-order chi connectivity index (χ1) is 10.0. The smallest absolute Gasteiger partial charge is 0.153 e. The number of rotatable bonds is 5. The van der Waals surface area contributed by atoms with E-state index in [9.17, 15) is 4.79 Å². The molecule has 0 bridgehead atoms. The molecule has 0 radical (unpaired) electrons. The fourth-order valence-electron chi connectivity index (χ4n) is 1.83. The number of hydrogen-bond acceptors (Lipinski definition) is 3. The quantitative estimate of drug-likeness (QED) is 0.712. The Morgan fingerprint density at radius 1 is 1.10 bits per heavy atom. The maximum atomic E-state index is 11.1. The molecule has 0 unspecified atom stereocenters. The number of benzene rings is 2. The molecule has 0 saturated carbocycles. The van der Waals surface area contributed by atoms with Gasteiger partial charge in [-0.05, 0) is 30.3 Å². The van der Waals surface area contributed by atoms with Gasteiger partial charge in [-0.25, -0.2) is 0 Å². The summed E-state index contributed by atoms with van der Waals surface area (Å²) in [5.74, 6) is 0.912. The van der Waals surface area contributed by atoms with Gasteiger partial charge >= 0.3 is 0 Å². The second-order valence-electron chi connectivity index (χ2n) is 4.17. The Labute approximate surface area is 137 Å². The minimum atomic E-state index is 0.159. The molecule has 21 heavy (non-hydrogen) atoms. The molecule has 0 fully saturated rings. The molecule has 0 heterocycles. The molecule has 110 valence electrons. The monoisotopic (exact) mass is 344 g/mol. The third-order valence-corrected chi connectivity index (χ3v) is 3.51. The zero-order valence-corrected chi connectivity index (χ0v) is 13.3. The minimum absolute atomic E-state index is 0.159. The Balaban J connectivity index is 2.28. The van der Waals surface area contributed by atoms with Crippen molar-refractivity contribution in [3.8, 4) is 11.5 Å². The first-order valence-electron chi connectivity index (χ1n) is 5.94. The van der Waals surface area contributed by atoms with E-state index < -0.39 is 0 Å². The van der Waals surface area contributed by atoms with Crippen molar-refractivity contribution in [2.75, 3.05) is 7.11 Å². The molecule has 3 nitrogen and oxygen atoms in total. The summed E-state index contributed by atoms with van der Waals surface area (Å²) in [6.45, 7) is 0.159. The predicted molar refractivity (Wildman–Crippen MR) is 84.2 cm³/mol. The fraction of sp³-hybridized carbons (Fsp3) is 0.133. The molecular weight excluding hydrogens is 335 g/mol. The maximum absolute atomic E-state index is 11.1. The summed E-state index contributed by atoms with van der Waals surface area (Å²) >= 11 is 17.9. The Kier molecular flexibility index (Phi) is 5.34. The van der Waals surface area contributed by atoms with Crippen LogP contribution in [0, 0.1) is 0 Å². The lowest BCUT2D eigenvalue weighted by Gasteiger charge is -2.13. The van der Waals surface area contributed by atoms with Crippen molar-refractivity contribution in [3.05, 3.63) is 56.5 Å². The number of carbonyl (C=O) groups is 1. The van der Waals surface area contributed by atoms with E-state index in [0.29, 0.717) is 22.1 Å². The lowest BCUT2D eigenvalue weighted by Crippen LogP contribution is -2.01. The Hall–Kier alpha value is -1.42. The average Bonchev–Trinajstić information content (AvgIpc) is 2.45. The SMILES string of the molecule is COc1ccc(Cl)cc1COc1c(Cl)cc(Cl)cc1C=O. The van der Waals surface area contributed by atoms with E-state index in [1.807, 2.05) is 0 Å². The van der Waals surface area contributed by atoms with Gasteiger partial charge in [0.25, 0.3) is 0 Å². The highest BCUT2D eigenvalue weighted by atomic mass is 35.5. The second kappa shape index (κ2) is 7.03. The Bertz CT molecular complexity index is 671. The van der Waals surface area contributed by atoms with Crippen molar-refractivity contribution >= 4 is 41.1 Å². The zero-order chi connectivity index (χ0) is 15.4. The topological polar surface area (TPSA) is 35.5 Å². The van der Waals surface area contributed by atoms with Crippen molar-refractivity contribution < 1.29 is 14.3 Å². The Morgan fingerprint density at radius 3 is 2.52 bits per heavy atom. The lowest BCUT2D eigenvalue weighted by atomic mass is 10.2. The number of methoxy groups -OCH3 is 1. The molecule has 0 saturated heterocycles. The third kappa shape index (κ3) is 3.82. The zero-order valence-electron chi connectivity index (χ0n) is 11.0. The molecule has 0 aliphatic rings. The molecule has 0 aromatic heterocycles. The van der Waals surface area contributed by atoms with E-state index in [1.54, 1.807) is 25.3 Å². The molecule has 6 heteroatoms. The van der Waals surface area contributed by atoms with Gasteiger partial charge in [-0.3, -0.25) is 4.79 Å². The number of hydrogen-bond donors (Lipinski definition) is 0. The van der Waals surface area contributed by atoms with Crippen LogP contribution in [0.15, 0.2) is 30.3 Å². The van der Waals surface area contributed by atoms with E-state index in [2.05, 4.69) is 0 Å². The molecule has 0 N–H and O–H groups in total. The highest BCUT2D eigenvalue weighted by molar-refractivity contribution is 6.36. The summed E-state index contributed by atoms with van der Waals surface area (Å²) in [7, 11) is 1.55. The van der Waals surface area contributed by atoms with Crippen LogP contribution >= 0.6 is 34.8 Å². The molecule has 2 aromatic carbocycles. The van der Waals surface area contributed by atoms with E-state index in [-0.39, 0.29) is 22.9 Å². The fourth-order valence-corrected chi connectivity index (χ4v) is 2.59. The summed E-state index contributed by atoms with van der Waals surface area (Å²) in [4.78, 5) is 11.1. The van der Waals surface area contributed by atoms with Crippen molar-refractivity contribution in [2.24, 2.45) is 0 Å². The standard InChI is InChI=1S/C15H11Cl3O3/c1-20-14-3-2-11(16)5-10(14)8-21-15-9(7-19)4-12(17)6-13(15)18/h2-7H,8H2,1H3. The van der Waals surface area contributed by atoms with Gasteiger partial charge in [0.15, 0.2) is 6.29 Å². The van der Waals surface area contributed by atoms with Crippen LogP contribution in [-0.4, -0.2) is 13.4 Å². The molecule has 0 spiro atoms. The van der Waals surface area contributed by atoms with Crippen LogP contribution in [0.1, 0.15) is 15.9 Å². The maximum Gasteiger partial charge on any atom is 0.153 e. The second-order valence-corrected chi connectivity index (χ2v) is 5.45. The van der Waals surface area contributed by atoms with Gasteiger partial charge in [-0.2, -0.15) is 0 Å². The van der Waals surface area contributed by atoms with Crippen molar-refractivity contribution in [1.29, 1.82) is 0 Å². The van der Waals surface area contributed by atoms with Crippen LogP contribution in [0.3, 0.4) is 0 Å². The van der Waals surface area contributed by atoms with Crippen LogP contribution in [0.2, 0.25) is 15.1 Å². The van der Waals surface area contributed by atoms with Gasteiger partial charge in [0, 0.05) is 15.6 Å². The van der Waals surface area contributed by atoms with E-state index in [1.165, 1.54) is 12.1 Å². The first-order valence-corrected chi connectivity index (χ1v) is 7.08. The van der Waals surface area contributed by atoms with Gasteiger partial charge in [0.1, 0.15) is 18.1 Å². The molecule has 0 aliphatic carbocycles. The van der Waals surface area contributed by atoms with Crippen LogP contribution < -0.4 is 9.47 Å². The minimum Gasteiger partial charge on any atom is -0.496 e. The first kappa shape index (κ1) is 16.0. The van der Waals surface area contributed by atoms with Gasteiger partial charge in [0.05, 0.1) is 17.7 Å². The number of ether oxygens (including phenoxy) is 2. The average molecular weight is 346 g/mol. The molecule has 0 amide bonds. The van der Waals surface area contributed by atoms with Gasteiger partial charge in [0.2, 0.25) is 0 Å². The third-order valence-electron chi connectivity index (χ3n) is 2.78. The van der Waals surface area contributed by atoms with Crippen molar-refractivity contribution in [2.45, 2.75) is 6.61 Å². The van der Waals surface area contributed by atoms with Crippen molar-refractivity contribution in [1.82, 2.24) is 0 Å². The molecule has 2 rings (SSSR count). The van der Waals surface area contributed by atoms with E-state index in [0.717, 1.165) is 5.56 Å². The molecule has 0 aliphatic heterocycles. The highest BCUT2D eigenvalue weighted by Gasteiger charge is 2.12. The number of halogens is 3. The molecular formula is C15H11Cl3O3. The largest absolute Gasteiger partial charge is 0.496 e. The van der Waals surface area contributed by atoms with Crippen LogP contribution in [0.5, 0.6) is 11.5 Å². The summed E-state index contributed by atoms with van der Waals surface area (Å²) < 4.78 is 10.9. The lowest BCUT2D eigenvalue weighted by molar-refractivity contribution is 0.111. The summed E-state index contributed by atoms with van der Waals surface area (Å²) in [6.07, 6.45) is 0.641. The normalized spacial score (nSPS) is 10.3. The number of aldehydes is 1.